The van der Waals surface area contributed by atoms with Crippen molar-refractivity contribution in [1.82, 2.24) is 0 Å². The molecule has 0 spiro atoms. The van der Waals surface area contributed by atoms with Crippen LogP contribution in [0.4, 0.5) is 0 Å². The smallest absolute Gasteiger partial charge is 0.550 e. The van der Waals surface area contributed by atoms with E-state index >= 15 is 0 Å². The van der Waals surface area contributed by atoms with Crippen molar-refractivity contribution in [2.45, 2.75) is 25.6 Å². The summed E-state index contributed by atoms with van der Waals surface area (Å²) < 4.78 is 0. The first kappa shape index (κ1) is 26.4. The molecule has 17 heavy (non-hydrogen) atoms. The number of aliphatic hydroxyl groups is 2. The zero-order valence-corrected chi connectivity index (χ0v) is 13.5. The number of hydrogen-bond donors (Lipinski definition) is 2. The minimum atomic E-state index is -1.96. The quantitative estimate of drug-likeness (QED) is 0.484. The topological polar surface area (TPSA) is 161 Å². The summed E-state index contributed by atoms with van der Waals surface area (Å²) in [6.45, 7) is 1.13. The second-order valence-corrected chi connectivity index (χ2v) is 2.41. The average molecular weight is 301 g/mol. The van der Waals surface area contributed by atoms with Gasteiger partial charge >= 0.3 is 75.5 Å². The Balaban J connectivity index is -0.0000000945. The van der Waals surface area contributed by atoms with Crippen molar-refractivity contribution < 1.29 is 39.9 Å². The van der Waals surface area contributed by atoms with Gasteiger partial charge in [0.1, 0.15) is 0 Å². The van der Waals surface area contributed by atoms with Crippen LogP contribution in [0.1, 0.15) is 13.3 Å². The van der Waals surface area contributed by atoms with Crippen LogP contribution in [0.2, 0.25) is 0 Å². The summed E-state index contributed by atoms with van der Waals surface area (Å²) >= 11 is 0. The number of rotatable bonds is 4. The molecule has 0 fully saturated rings. The normalized spacial score (nSPS) is 11.5. The maximum atomic E-state index is 9.58. The fraction of sp³-hybridized carbons (Fsp3) is 0.571. The van der Waals surface area contributed by atoms with Gasteiger partial charge in [-0.25, -0.2) is 0 Å². The van der Waals surface area contributed by atoms with Crippen molar-refractivity contribution in [3.63, 3.8) is 0 Å². The van der Waals surface area contributed by atoms with Crippen molar-refractivity contribution in [2.24, 2.45) is 0 Å². The molecule has 0 rings (SSSR count). The van der Waals surface area contributed by atoms with E-state index in [1.54, 1.807) is 0 Å². The minimum absolute atomic E-state index is 0. The van der Waals surface area contributed by atoms with Gasteiger partial charge in [-0.3, -0.25) is 0 Å². The van der Waals surface area contributed by atoms with E-state index in [1.807, 2.05) is 0 Å². The van der Waals surface area contributed by atoms with Crippen LogP contribution in [-0.4, -0.2) is 116 Å². The number of aliphatic carboxylic acids is 3. The standard InChI is InChI=1S/C4H6O5.C3H6O3.2Ca/c5-2(4(8)9)1-3(6)7;1-2(4)3(5)6;;/h2,5H,1H2,(H,6,7)(H,8,9);2,4H,1H3,(H,5,6);;/q;;2*+2/p-3. The first-order chi connectivity index (χ1) is 6.68. The summed E-state index contributed by atoms with van der Waals surface area (Å²) in [6.07, 6.45) is -4.23. The molecule has 0 aromatic rings. The van der Waals surface area contributed by atoms with Crippen LogP contribution >= 0.6 is 0 Å². The summed E-state index contributed by atoms with van der Waals surface area (Å²) in [7, 11) is 0. The van der Waals surface area contributed by atoms with E-state index in [-0.39, 0.29) is 75.5 Å². The van der Waals surface area contributed by atoms with Crippen molar-refractivity contribution in [3.8, 4) is 0 Å². The van der Waals surface area contributed by atoms with E-state index in [0.717, 1.165) is 6.92 Å². The van der Waals surface area contributed by atoms with E-state index in [0.29, 0.717) is 0 Å². The van der Waals surface area contributed by atoms with Crippen molar-refractivity contribution in [1.29, 1.82) is 0 Å². The van der Waals surface area contributed by atoms with Crippen LogP contribution in [0.5, 0.6) is 0 Å². The Morgan fingerprint density at radius 1 is 1.00 bits per heavy atom. The van der Waals surface area contributed by atoms with Gasteiger partial charge in [-0.2, -0.15) is 0 Å². The fourth-order valence-corrected chi connectivity index (χ4v) is 0.241. The predicted molar refractivity (Wildman–Crippen MR) is 48.8 cm³/mol. The van der Waals surface area contributed by atoms with Crippen LogP contribution in [-0.2, 0) is 14.4 Å². The maximum Gasteiger partial charge on any atom is 2.00 e. The molecule has 2 unspecified atom stereocenters. The largest absolute Gasteiger partial charge is 2.00 e. The molecule has 2 atom stereocenters. The first-order valence-electron chi connectivity index (χ1n) is 3.66. The Morgan fingerprint density at radius 2 is 1.29 bits per heavy atom. The predicted octanol–water partition coefficient (Wildman–Crippen LogP) is -6.41. The molecule has 0 aliphatic heterocycles. The second-order valence-electron chi connectivity index (χ2n) is 2.41. The van der Waals surface area contributed by atoms with Crippen molar-refractivity contribution in [2.75, 3.05) is 0 Å². The van der Waals surface area contributed by atoms with Gasteiger partial charge in [0, 0.05) is 12.4 Å². The number of carboxylic acids is 3. The fourth-order valence-electron chi connectivity index (χ4n) is 0.241. The molecule has 0 bridgehead atoms. The number of aliphatic hydroxyl groups excluding tert-OH is 2. The van der Waals surface area contributed by atoms with Crippen molar-refractivity contribution in [3.05, 3.63) is 0 Å². The molecule has 0 saturated carbocycles. The zero-order chi connectivity index (χ0) is 12.6. The van der Waals surface area contributed by atoms with Crippen LogP contribution in [0.15, 0.2) is 0 Å². The molecule has 0 aliphatic carbocycles. The third-order valence-corrected chi connectivity index (χ3v) is 0.973. The molecule has 88 valence electrons. The average Bonchev–Trinajstić information content (AvgIpc) is 2.03. The summed E-state index contributed by atoms with van der Waals surface area (Å²) in [6, 6.07) is 0. The Hall–Kier alpha value is 0.849. The number of carboxylic acid groups (broad SMARTS) is 3. The van der Waals surface area contributed by atoms with Gasteiger partial charge in [0.15, 0.2) is 0 Å². The molecule has 10 heteroatoms. The van der Waals surface area contributed by atoms with E-state index < -0.39 is 36.5 Å². The number of carbonyl (C=O) groups is 3. The van der Waals surface area contributed by atoms with E-state index in [1.165, 1.54) is 0 Å². The van der Waals surface area contributed by atoms with Crippen LogP contribution in [0, 0.1) is 0 Å². The molecule has 8 nitrogen and oxygen atoms in total. The minimum Gasteiger partial charge on any atom is -0.550 e. The second kappa shape index (κ2) is 14.9. The van der Waals surface area contributed by atoms with Crippen molar-refractivity contribution >= 4 is 93.4 Å². The third-order valence-electron chi connectivity index (χ3n) is 0.973. The van der Waals surface area contributed by atoms with Gasteiger partial charge < -0.3 is 39.9 Å². The van der Waals surface area contributed by atoms with Gasteiger partial charge in [0.05, 0.1) is 24.1 Å². The van der Waals surface area contributed by atoms with E-state index in [9.17, 15) is 29.7 Å². The van der Waals surface area contributed by atoms with Gasteiger partial charge in [-0.15, -0.1) is 0 Å². The monoisotopic (exact) mass is 301 g/mol. The molecule has 0 saturated heterocycles. The van der Waals surface area contributed by atoms with Gasteiger partial charge in [0.25, 0.3) is 0 Å². The Labute approximate surface area is 157 Å². The molecule has 0 heterocycles. The van der Waals surface area contributed by atoms with Crippen LogP contribution in [0.25, 0.3) is 0 Å². The molecule has 0 aromatic heterocycles. The number of carbonyl (C=O) groups excluding carboxylic acids is 3. The Bertz CT molecular complexity index is 242. The van der Waals surface area contributed by atoms with Crippen LogP contribution in [0.3, 0.4) is 0 Å². The molecule has 0 radical (unpaired) electrons. The van der Waals surface area contributed by atoms with Gasteiger partial charge in [0.2, 0.25) is 0 Å². The Kier molecular flexibility index (Phi) is 23.2. The van der Waals surface area contributed by atoms with E-state index in [2.05, 4.69) is 0 Å². The molecular weight excluding hydrogens is 292 g/mol. The summed E-state index contributed by atoms with van der Waals surface area (Å²) in [4.78, 5) is 28.5. The summed E-state index contributed by atoms with van der Waals surface area (Å²) in [5.41, 5.74) is 0. The summed E-state index contributed by atoms with van der Waals surface area (Å²) in [5.74, 6) is -4.86. The zero-order valence-electron chi connectivity index (χ0n) is 9.12. The summed E-state index contributed by atoms with van der Waals surface area (Å²) in [5, 5.41) is 44.7. The molecule has 2 N–H and O–H groups in total. The molecule has 0 aromatic carbocycles. The third kappa shape index (κ3) is 22.5. The Morgan fingerprint density at radius 3 is 1.35 bits per heavy atom. The SMILES string of the molecule is CC(O)C(=O)[O-].O=C([O-])CC(O)C(=O)[O-].[Ca+2].[Ca+2]. The van der Waals surface area contributed by atoms with Crippen LogP contribution < -0.4 is 15.3 Å². The van der Waals surface area contributed by atoms with E-state index in [4.69, 9.17) is 10.2 Å². The molecular formula is C7H9Ca2O8+. The maximum absolute atomic E-state index is 9.58. The molecule has 0 aliphatic rings. The van der Waals surface area contributed by atoms with Gasteiger partial charge in [-0.05, 0) is 6.92 Å². The first-order valence-corrected chi connectivity index (χ1v) is 3.66. The van der Waals surface area contributed by atoms with Gasteiger partial charge in [-0.1, -0.05) is 0 Å². The number of hydrogen-bond acceptors (Lipinski definition) is 8. The molecule has 0 amide bonds.